The van der Waals surface area contributed by atoms with Gasteiger partial charge >= 0.3 is 6.18 Å². The number of carbonyl (C=O) groups excluding carboxylic acids is 1. The van der Waals surface area contributed by atoms with E-state index in [0.717, 1.165) is 17.2 Å². The summed E-state index contributed by atoms with van der Waals surface area (Å²) in [5.41, 5.74) is 2.13. The van der Waals surface area contributed by atoms with Crippen LogP contribution in [-0.4, -0.2) is 23.8 Å². The van der Waals surface area contributed by atoms with Crippen LogP contribution >= 0.6 is 0 Å². The van der Waals surface area contributed by atoms with E-state index in [9.17, 15) is 18.0 Å². The SMILES string of the molecule is O=C1CCN(Cc2cccc(C(F)(F)F)c2)CC1C(c1ccccc1)c1ccccc1. The molecule has 1 fully saturated rings. The number of ketones is 1. The molecule has 5 heteroatoms. The van der Waals surface area contributed by atoms with Gasteiger partial charge in [0.2, 0.25) is 0 Å². The van der Waals surface area contributed by atoms with Crippen molar-refractivity contribution in [2.24, 2.45) is 5.92 Å². The minimum atomic E-state index is -4.36. The first-order valence-corrected chi connectivity index (χ1v) is 10.4. The van der Waals surface area contributed by atoms with Gasteiger partial charge in [-0.05, 0) is 22.8 Å². The molecule has 0 N–H and O–H groups in total. The van der Waals surface area contributed by atoms with Gasteiger partial charge in [-0.2, -0.15) is 13.2 Å². The van der Waals surface area contributed by atoms with E-state index in [4.69, 9.17) is 0 Å². The highest BCUT2D eigenvalue weighted by atomic mass is 19.4. The van der Waals surface area contributed by atoms with Crippen molar-refractivity contribution >= 4 is 5.78 Å². The molecule has 4 rings (SSSR count). The highest BCUT2D eigenvalue weighted by molar-refractivity contribution is 5.83. The molecule has 1 aliphatic rings. The van der Waals surface area contributed by atoms with Gasteiger partial charge < -0.3 is 0 Å². The Hall–Kier alpha value is -2.92. The minimum Gasteiger partial charge on any atom is -0.299 e. The molecule has 0 spiro atoms. The Labute approximate surface area is 180 Å². The van der Waals surface area contributed by atoms with Crippen molar-refractivity contribution in [2.45, 2.75) is 25.1 Å². The van der Waals surface area contributed by atoms with Crippen LogP contribution in [-0.2, 0) is 17.5 Å². The molecule has 31 heavy (non-hydrogen) atoms. The topological polar surface area (TPSA) is 20.3 Å². The molecule has 3 aromatic carbocycles. The highest BCUT2D eigenvalue weighted by Gasteiger charge is 2.35. The summed E-state index contributed by atoms with van der Waals surface area (Å²) in [6, 6.07) is 25.4. The molecule has 2 nitrogen and oxygen atoms in total. The van der Waals surface area contributed by atoms with Gasteiger partial charge in [0.15, 0.2) is 0 Å². The summed E-state index contributed by atoms with van der Waals surface area (Å²) >= 11 is 0. The molecule has 1 aliphatic heterocycles. The summed E-state index contributed by atoms with van der Waals surface area (Å²) in [7, 11) is 0. The molecule has 160 valence electrons. The largest absolute Gasteiger partial charge is 0.416 e. The third-order valence-electron chi connectivity index (χ3n) is 5.92. The third kappa shape index (κ3) is 5.05. The van der Waals surface area contributed by atoms with Crippen molar-refractivity contribution in [3.63, 3.8) is 0 Å². The Kier molecular flexibility index (Phi) is 6.23. The number of piperidine rings is 1. The summed E-state index contributed by atoms with van der Waals surface area (Å²) in [5, 5.41) is 0. The molecular formula is C26H24F3NO. The maximum absolute atomic E-state index is 13.1. The maximum atomic E-state index is 13.1. The van der Waals surface area contributed by atoms with Crippen LogP contribution < -0.4 is 0 Å². The average Bonchev–Trinajstić information content (AvgIpc) is 2.77. The van der Waals surface area contributed by atoms with Crippen LogP contribution in [0.5, 0.6) is 0 Å². The van der Waals surface area contributed by atoms with E-state index in [0.29, 0.717) is 31.6 Å². The molecule has 1 unspecified atom stereocenters. The van der Waals surface area contributed by atoms with Crippen LogP contribution in [0.15, 0.2) is 84.9 Å². The van der Waals surface area contributed by atoms with E-state index < -0.39 is 11.7 Å². The van der Waals surface area contributed by atoms with E-state index in [1.807, 2.05) is 60.7 Å². The second kappa shape index (κ2) is 9.06. The normalized spacial score (nSPS) is 17.8. The van der Waals surface area contributed by atoms with Gasteiger partial charge in [0.25, 0.3) is 0 Å². The number of halogens is 3. The van der Waals surface area contributed by atoms with Gasteiger partial charge in [-0.15, -0.1) is 0 Å². The molecular weight excluding hydrogens is 399 g/mol. The molecule has 3 aromatic rings. The standard InChI is InChI=1S/C26H24F3NO/c27-26(28,29)22-13-7-8-19(16-22)17-30-15-14-24(31)23(18-30)25(20-9-3-1-4-10-20)21-11-5-2-6-12-21/h1-13,16,23,25H,14-15,17-18H2. The summed E-state index contributed by atoms with van der Waals surface area (Å²) in [6.07, 6.45) is -3.96. The van der Waals surface area contributed by atoms with E-state index in [-0.39, 0.29) is 17.6 Å². The van der Waals surface area contributed by atoms with Crippen LogP contribution in [0.2, 0.25) is 0 Å². The number of likely N-dealkylation sites (tertiary alicyclic amines) is 1. The fourth-order valence-electron chi connectivity index (χ4n) is 4.44. The van der Waals surface area contributed by atoms with Gasteiger partial charge in [0.05, 0.1) is 5.56 Å². The molecule has 1 atom stereocenters. The van der Waals surface area contributed by atoms with Crippen molar-refractivity contribution in [2.75, 3.05) is 13.1 Å². The number of alkyl halides is 3. The van der Waals surface area contributed by atoms with Crippen molar-refractivity contribution in [3.05, 3.63) is 107 Å². The summed E-state index contributed by atoms with van der Waals surface area (Å²) in [4.78, 5) is 15.1. The average molecular weight is 423 g/mol. The second-order valence-corrected chi connectivity index (χ2v) is 8.06. The number of nitrogens with zero attached hydrogens (tertiary/aromatic N) is 1. The second-order valence-electron chi connectivity index (χ2n) is 8.06. The predicted octanol–water partition coefficient (Wildman–Crippen LogP) is 5.93. The van der Waals surface area contributed by atoms with Crippen LogP contribution in [0, 0.1) is 5.92 Å². The minimum absolute atomic E-state index is 0.0841. The molecule has 1 heterocycles. The lowest BCUT2D eigenvalue weighted by Crippen LogP contribution is -2.43. The molecule has 0 amide bonds. The fourth-order valence-corrected chi connectivity index (χ4v) is 4.44. The zero-order valence-corrected chi connectivity index (χ0v) is 17.1. The van der Waals surface area contributed by atoms with Gasteiger partial charge in [-0.1, -0.05) is 78.9 Å². The Morgan fingerprint density at radius 3 is 2.06 bits per heavy atom. The van der Waals surface area contributed by atoms with Crippen molar-refractivity contribution in [1.29, 1.82) is 0 Å². The Balaban J connectivity index is 1.60. The zero-order chi connectivity index (χ0) is 21.8. The first-order valence-electron chi connectivity index (χ1n) is 10.4. The van der Waals surface area contributed by atoms with E-state index in [2.05, 4.69) is 4.90 Å². The first kappa shape index (κ1) is 21.3. The lowest BCUT2D eigenvalue weighted by atomic mass is 9.76. The monoisotopic (exact) mass is 423 g/mol. The fraction of sp³-hybridized carbons (Fsp3) is 0.269. The van der Waals surface area contributed by atoms with E-state index in [1.165, 1.54) is 12.1 Å². The van der Waals surface area contributed by atoms with E-state index >= 15 is 0 Å². The summed E-state index contributed by atoms with van der Waals surface area (Å²) in [6.45, 7) is 1.47. The number of carbonyl (C=O) groups is 1. The van der Waals surface area contributed by atoms with Crippen molar-refractivity contribution in [3.8, 4) is 0 Å². The maximum Gasteiger partial charge on any atom is 0.416 e. The highest BCUT2D eigenvalue weighted by Crippen LogP contribution is 2.36. The quantitative estimate of drug-likeness (QED) is 0.507. The van der Waals surface area contributed by atoms with Crippen molar-refractivity contribution in [1.82, 2.24) is 4.90 Å². The Bertz CT molecular complexity index is 978. The lowest BCUT2D eigenvalue weighted by Gasteiger charge is -2.36. The van der Waals surface area contributed by atoms with Crippen LogP contribution in [0.4, 0.5) is 13.2 Å². The van der Waals surface area contributed by atoms with Crippen molar-refractivity contribution < 1.29 is 18.0 Å². The molecule has 1 saturated heterocycles. The first-order chi connectivity index (χ1) is 14.9. The van der Waals surface area contributed by atoms with Gasteiger partial charge in [-0.25, -0.2) is 0 Å². The number of rotatable bonds is 5. The lowest BCUT2D eigenvalue weighted by molar-refractivity contribution is -0.137. The predicted molar refractivity (Wildman–Crippen MR) is 115 cm³/mol. The van der Waals surface area contributed by atoms with Gasteiger partial charge in [0, 0.05) is 37.9 Å². The summed E-state index contributed by atoms with van der Waals surface area (Å²) in [5.74, 6) is -0.124. The van der Waals surface area contributed by atoms with Crippen LogP contribution in [0.3, 0.4) is 0 Å². The number of hydrogen-bond acceptors (Lipinski definition) is 2. The van der Waals surface area contributed by atoms with Crippen LogP contribution in [0.25, 0.3) is 0 Å². The Morgan fingerprint density at radius 2 is 1.48 bits per heavy atom. The number of benzene rings is 3. The molecule has 0 saturated carbocycles. The number of Topliss-reactive ketones (excluding diaryl/α,β-unsaturated/α-hetero) is 1. The molecule has 0 radical (unpaired) electrons. The number of hydrogen-bond donors (Lipinski definition) is 0. The molecule has 0 aliphatic carbocycles. The third-order valence-corrected chi connectivity index (χ3v) is 5.92. The van der Waals surface area contributed by atoms with E-state index in [1.54, 1.807) is 6.07 Å². The molecule has 0 bridgehead atoms. The van der Waals surface area contributed by atoms with Gasteiger partial charge in [-0.3, -0.25) is 9.69 Å². The smallest absolute Gasteiger partial charge is 0.299 e. The zero-order valence-electron chi connectivity index (χ0n) is 17.1. The summed E-state index contributed by atoms with van der Waals surface area (Å²) < 4.78 is 39.2. The molecule has 0 aromatic heterocycles. The van der Waals surface area contributed by atoms with Crippen LogP contribution in [0.1, 0.15) is 34.6 Å². The van der Waals surface area contributed by atoms with Gasteiger partial charge in [0.1, 0.15) is 5.78 Å². The Morgan fingerprint density at radius 1 is 0.871 bits per heavy atom.